The first-order valence-electron chi connectivity index (χ1n) is 4.67. The molecule has 14 heavy (non-hydrogen) atoms. The lowest BCUT2D eigenvalue weighted by atomic mass is 10.1. The van der Waals surface area contributed by atoms with Crippen molar-refractivity contribution in [1.82, 2.24) is 10.6 Å². The summed E-state index contributed by atoms with van der Waals surface area (Å²) in [4.78, 5) is 4.36. The van der Waals surface area contributed by atoms with Crippen LogP contribution in [0.4, 0.5) is 0 Å². The SMILES string of the molecule is CC(C)(C)N=C(NC#N)NC(C)(C)C. The molecular weight excluding hydrogens is 176 g/mol. The number of hydrogen-bond donors (Lipinski definition) is 2. The topological polar surface area (TPSA) is 60.2 Å². The van der Waals surface area contributed by atoms with Crippen molar-refractivity contribution in [2.75, 3.05) is 0 Å². The summed E-state index contributed by atoms with van der Waals surface area (Å²) in [5, 5.41) is 14.2. The van der Waals surface area contributed by atoms with Gasteiger partial charge in [-0.2, -0.15) is 5.26 Å². The number of nitriles is 1. The lowest BCUT2D eigenvalue weighted by Crippen LogP contribution is -2.47. The molecule has 0 unspecified atom stereocenters. The molecule has 0 fully saturated rings. The fourth-order valence-electron chi connectivity index (χ4n) is 0.831. The van der Waals surface area contributed by atoms with E-state index in [2.05, 4.69) is 15.6 Å². The standard InChI is InChI=1S/C10H20N4/c1-9(2,3)13-8(12-7-11)14-10(4,5)6/h1-6H3,(H2,12,13,14). The third kappa shape index (κ3) is 7.41. The zero-order valence-electron chi connectivity index (χ0n) is 9.89. The fraction of sp³-hybridized carbons (Fsp3) is 0.800. The monoisotopic (exact) mass is 196 g/mol. The minimum absolute atomic E-state index is 0.103. The summed E-state index contributed by atoms with van der Waals surface area (Å²) in [5.41, 5.74) is -0.300. The maximum Gasteiger partial charge on any atom is 0.205 e. The molecule has 0 aromatic rings. The van der Waals surface area contributed by atoms with Gasteiger partial charge in [-0.25, -0.2) is 4.99 Å². The normalized spacial score (nSPS) is 13.4. The van der Waals surface area contributed by atoms with Crippen molar-refractivity contribution in [1.29, 1.82) is 5.26 Å². The highest BCUT2D eigenvalue weighted by Crippen LogP contribution is 2.07. The molecular formula is C10H20N4. The van der Waals surface area contributed by atoms with E-state index in [1.807, 2.05) is 47.7 Å². The molecule has 0 heterocycles. The average Bonchev–Trinajstić information content (AvgIpc) is 1.78. The lowest BCUT2D eigenvalue weighted by molar-refractivity contribution is 0.495. The minimum Gasteiger partial charge on any atom is -0.351 e. The second-order valence-electron chi connectivity index (χ2n) is 5.24. The van der Waals surface area contributed by atoms with Crippen molar-refractivity contribution in [3.8, 4) is 6.19 Å². The van der Waals surface area contributed by atoms with E-state index in [4.69, 9.17) is 5.26 Å². The van der Waals surface area contributed by atoms with Crippen LogP contribution in [0.2, 0.25) is 0 Å². The van der Waals surface area contributed by atoms with E-state index >= 15 is 0 Å². The molecule has 0 saturated carbocycles. The highest BCUT2D eigenvalue weighted by Gasteiger charge is 2.15. The van der Waals surface area contributed by atoms with Crippen LogP contribution in [0.25, 0.3) is 0 Å². The second-order valence-corrected chi connectivity index (χ2v) is 5.24. The van der Waals surface area contributed by atoms with Gasteiger partial charge in [0, 0.05) is 5.54 Å². The Morgan fingerprint density at radius 2 is 1.64 bits per heavy atom. The first-order valence-corrected chi connectivity index (χ1v) is 4.67. The molecule has 0 aliphatic carbocycles. The smallest absolute Gasteiger partial charge is 0.205 e. The van der Waals surface area contributed by atoms with E-state index in [0.29, 0.717) is 5.96 Å². The Kier molecular flexibility index (Phi) is 3.93. The predicted molar refractivity (Wildman–Crippen MR) is 58.8 cm³/mol. The van der Waals surface area contributed by atoms with E-state index in [0.717, 1.165) is 0 Å². The van der Waals surface area contributed by atoms with Crippen LogP contribution in [-0.4, -0.2) is 17.0 Å². The molecule has 0 amide bonds. The predicted octanol–water partition coefficient (Wildman–Crippen LogP) is 1.60. The van der Waals surface area contributed by atoms with Crippen LogP contribution < -0.4 is 10.6 Å². The molecule has 0 atom stereocenters. The molecule has 0 aliphatic rings. The van der Waals surface area contributed by atoms with Crippen LogP contribution in [-0.2, 0) is 0 Å². The Hall–Kier alpha value is -1.24. The molecule has 0 spiro atoms. The summed E-state index contributed by atoms with van der Waals surface area (Å²) in [6.07, 6.45) is 1.87. The van der Waals surface area contributed by atoms with E-state index in [1.54, 1.807) is 0 Å². The van der Waals surface area contributed by atoms with Crippen LogP contribution in [0.15, 0.2) is 4.99 Å². The zero-order chi connectivity index (χ0) is 11.4. The van der Waals surface area contributed by atoms with Crippen molar-refractivity contribution in [2.45, 2.75) is 52.6 Å². The van der Waals surface area contributed by atoms with Gasteiger partial charge in [-0.05, 0) is 41.5 Å². The molecule has 80 valence electrons. The summed E-state index contributed by atoms with van der Waals surface area (Å²) in [7, 11) is 0. The number of rotatable bonds is 0. The maximum absolute atomic E-state index is 8.55. The van der Waals surface area contributed by atoms with Gasteiger partial charge in [-0.15, -0.1) is 0 Å². The number of guanidine groups is 1. The van der Waals surface area contributed by atoms with Crippen LogP contribution >= 0.6 is 0 Å². The highest BCUT2D eigenvalue weighted by atomic mass is 15.2. The number of nitrogens with one attached hydrogen (secondary N) is 2. The largest absolute Gasteiger partial charge is 0.351 e. The van der Waals surface area contributed by atoms with Crippen molar-refractivity contribution < 1.29 is 0 Å². The average molecular weight is 196 g/mol. The van der Waals surface area contributed by atoms with Crippen LogP contribution in [0, 0.1) is 11.5 Å². The van der Waals surface area contributed by atoms with Gasteiger partial charge in [0.05, 0.1) is 5.54 Å². The molecule has 0 aliphatic heterocycles. The first-order chi connectivity index (χ1) is 6.14. The van der Waals surface area contributed by atoms with Gasteiger partial charge in [0.1, 0.15) is 0 Å². The molecule has 0 bridgehead atoms. The van der Waals surface area contributed by atoms with Crippen molar-refractivity contribution in [3.05, 3.63) is 0 Å². The van der Waals surface area contributed by atoms with Crippen molar-refractivity contribution >= 4 is 5.96 Å². The van der Waals surface area contributed by atoms with Crippen LogP contribution in [0.3, 0.4) is 0 Å². The van der Waals surface area contributed by atoms with Gasteiger partial charge >= 0.3 is 0 Å². The second kappa shape index (κ2) is 4.32. The molecule has 4 nitrogen and oxygen atoms in total. The van der Waals surface area contributed by atoms with Crippen LogP contribution in [0.5, 0.6) is 0 Å². The van der Waals surface area contributed by atoms with Gasteiger partial charge < -0.3 is 5.32 Å². The molecule has 2 N–H and O–H groups in total. The number of aliphatic imine (C=N–C) groups is 1. The van der Waals surface area contributed by atoms with E-state index < -0.39 is 0 Å². The number of nitrogens with zero attached hydrogens (tertiary/aromatic N) is 2. The molecule has 4 heteroatoms. The molecule has 0 saturated heterocycles. The zero-order valence-corrected chi connectivity index (χ0v) is 9.89. The number of hydrogen-bond acceptors (Lipinski definition) is 2. The summed E-state index contributed by atoms with van der Waals surface area (Å²) >= 11 is 0. The summed E-state index contributed by atoms with van der Waals surface area (Å²) in [5.74, 6) is 0.521. The molecule has 0 radical (unpaired) electrons. The van der Waals surface area contributed by atoms with Gasteiger partial charge in [-0.3, -0.25) is 5.32 Å². The summed E-state index contributed by atoms with van der Waals surface area (Å²) < 4.78 is 0. The van der Waals surface area contributed by atoms with E-state index in [-0.39, 0.29) is 11.1 Å². The Morgan fingerprint density at radius 1 is 1.14 bits per heavy atom. The van der Waals surface area contributed by atoms with Gasteiger partial charge in [0.2, 0.25) is 5.96 Å². The Balaban J connectivity index is 4.63. The van der Waals surface area contributed by atoms with Crippen molar-refractivity contribution in [2.24, 2.45) is 4.99 Å². The fourth-order valence-corrected chi connectivity index (χ4v) is 0.831. The molecule has 0 aromatic carbocycles. The lowest BCUT2D eigenvalue weighted by Gasteiger charge is -2.24. The Morgan fingerprint density at radius 3 is 1.93 bits per heavy atom. The Bertz CT molecular complexity index is 247. The summed E-state index contributed by atoms with van der Waals surface area (Å²) in [6, 6.07) is 0. The van der Waals surface area contributed by atoms with Gasteiger partial charge in [0.25, 0.3) is 0 Å². The van der Waals surface area contributed by atoms with Crippen molar-refractivity contribution in [3.63, 3.8) is 0 Å². The Labute approximate surface area is 86.4 Å². The third-order valence-corrected chi connectivity index (χ3v) is 1.11. The van der Waals surface area contributed by atoms with Gasteiger partial charge in [-0.1, -0.05) is 0 Å². The van der Waals surface area contributed by atoms with Gasteiger partial charge in [0.15, 0.2) is 6.19 Å². The first kappa shape index (κ1) is 12.8. The molecule has 0 rings (SSSR count). The summed E-state index contributed by atoms with van der Waals surface area (Å²) in [6.45, 7) is 12.0. The minimum atomic E-state index is -0.197. The third-order valence-electron chi connectivity index (χ3n) is 1.11. The van der Waals surface area contributed by atoms with Crippen LogP contribution in [0.1, 0.15) is 41.5 Å². The maximum atomic E-state index is 8.55. The highest BCUT2D eigenvalue weighted by molar-refractivity contribution is 5.82. The quantitative estimate of drug-likeness (QED) is 0.268. The van der Waals surface area contributed by atoms with E-state index in [1.165, 1.54) is 0 Å². The van der Waals surface area contributed by atoms with E-state index in [9.17, 15) is 0 Å². The molecule has 0 aromatic heterocycles.